The number of amides is 1. The molecular formula is C22H27NO3. The lowest BCUT2D eigenvalue weighted by Gasteiger charge is -2.15. The molecule has 0 aliphatic carbocycles. The Kier molecular flexibility index (Phi) is 7.39. The zero-order chi connectivity index (χ0) is 18.9. The molecule has 0 aliphatic rings. The van der Waals surface area contributed by atoms with E-state index in [1.807, 2.05) is 54.6 Å². The molecule has 0 spiro atoms. The van der Waals surface area contributed by atoms with Gasteiger partial charge in [-0.3, -0.25) is 9.59 Å². The van der Waals surface area contributed by atoms with E-state index in [-0.39, 0.29) is 12.3 Å². The maximum atomic E-state index is 12.6. The second kappa shape index (κ2) is 9.76. The summed E-state index contributed by atoms with van der Waals surface area (Å²) >= 11 is 0. The van der Waals surface area contributed by atoms with Crippen LogP contribution in [0.5, 0.6) is 0 Å². The molecule has 1 atom stereocenters. The van der Waals surface area contributed by atoms with Crippen molar-refractivity contribution in [3.8, 4) is 0 Å². The summed E-state index contributed by atoms with van der Waals surface area (Å²) in [5.74, 6) is -1.16. The van der Waals surface area contributed by atoms with E-state index in [0.29, 0.717) is 24.4 Å². The van der Waals surface area contributed by atoms with Crippen LogP contribution >= 0.6 is 0 Å². The number of nitrogens with one attached hydrogen (secondary N) is 1. The first kappa shape index (κ1) is 19.7. The molecule has 0 saturated carbocycles. The van der Waals surface area contributed by atoms with Gasteiger partial charge in [-0.2, -0.15) is 0 Å². The number of carboxylic acid groups (broad SMARTS) is 1. The molecule has 2 aromatic rings. The molecule has 0 bridgehead atoms. The van der Waals surface area contributed by atoms with Crippen LogP contribution in [0.1, 0.15) is 37.8 Å². The number of rotatable bonds is 9. The highest BCUT2D eigenvalue weighted by Gasteiger charge is 2.21. The first-order valence-electron chi connectivity index (χ1n) is 9.09. The van der Waals surface area contributed by atoms with E-state index in [1.54, 1.807) is 0 Å². The highest BCUT2D eigenvalue weighted by atomic mass is 16.4. The van der Waals surface area contributed by atoms with Gasteiger partial charge in [0.15, 0.2) is 0 Å². The maximum Gasteiger partial charge on any atom is 0.304 e. The average molecular weight is 353 g/mol. The van der Waals surface area contributed by atoms with Gasteiger partial charge in [0.1, 0.15) is 0 Å². The number of carbonyl (C=O) groups is 2. The molecular weight excluding hydrogens is 326 g/mol. The number of aliphatic carboxylic acids is 1. The summed E-state index contributed by atoms with van der Waals surface area (Å²) in [6, 6.07) is 17.6. The molecule has 0 heterocycles. The lowest BCUT2D eigenvalue weighted by atomic mass is 9.95. The van der Waals surface area contributed by atoms with E-state index in [2.05, 4.69) is 19.2 Å². The van der Waals surface area contributed by atoms with Gasteiger partial charge in [0.25, 0.3) is 0 Å². The Hall–Kier alpha value is -2.62. The van der Waals surface area contributed by atoms with Crippen LogP contribution in [0.4, 0.5) is 5.69 Å². The van der Waals surface area contributed by atoms with Crippen molar-refractivity contribution >= 4 is 17.6 Å². The Morgan fingerprint density at radius 2 is 1.62 bits per heavy atom. The zero-order valence-electron chi connectivity index (χ0n) is 15.4. The summed E-state index contributed by atoms with van der Waals surface area (Å²) in [4.78, 5) is 23.7. The Labute approximate surface area is 155 Å². The van der Waals surface area contributed by atoms with E-state index >= 15 is 0 Å². The third-order valence-corrected chi connectivity index (χ3v) is 4.28. The van der Waals surface area contributed by atoms with Crippen molar-refractivity contribution in [1.29, 1.82) is 0 Å². The van der Waals surface area contributed by atoms with Gasteiger partial charge >= 0.3 is 5.97 Å². The minimum absolute atomic E-state index is 0.163. The average Bonchev–Trinajstić information content (AvgIpc) is 2.60. The Balaban J connectivity index is 1.98. The van der Waals surface area contributed by atoms with Crippen LogP contribution in [0, 0.1) is 11.8 Å². The number of carbonyl (C=O) groups excluding carboxylic acids is 1. The SMILES string of the molecule is CC(C)Cc1ccc(NC(=O)C(CCc2ccccc2)CC(=O)O)cc1. The summed E-state index contributed by atoms with van der Waals surface area (Å²) < 4.78 is 0. The summed E-state index contributed by atoms with van der Waals surface area (Å²) in [5.41, 5.74) is 3.04. The highest BCUT2D eigenvalue weighted by molar-refractivity contribution is 5.94. The molecule has 26 heavy (non-hydrogen) atoms. The molecule has 138 valence electrons. The number of carboxylic acids is 1. The number of benzene rings is 2. The van der Waals surface area contributed by atoms with Crippen LogP contribution in [-0.4, -0.2) is 17.0 Å². The van der Waals surface area contributed by atoms with Crippen molar-refractivity contribution in [3.05, 3.63) is 65.7 Å². The molecule has 4 heteroatoms. The number of hydrogen-bond acceptors (Lipinski definition) is 2. The van der Waals surface area contributed by atoms with Crippen molar-refractivity contribution in [2.24, 2.45) is 11.8 Å². The monoisotopic (exact) mass is 353 g/mol. The van der Waals surface area contributed by atoms with Crippen molar-refractivity contribution in [3.63, 3.8) is 0 Å². The maximum absolute atomic E-state index is 12.6. The van der Waals surface area contributed by atoms with Crippen molar-refractivity contribution in [2.75, 3.05) is 5.32 Å². The molecule has 0 saturated heterocycles. The Morgan fingerprint density at radius 3 is 2.19 bits per heavy atom. The zero-order valence-corrected chi connectivity index (χ0v) is 15.4. The largest absolute Gasteiger partial charge is 0.481 e. The van der Waals surface area contributed by atoms with E-state index < -0.39 is 11.9 Å². The van der Waals surface area contributed by atoms with Crippen LogP contribution in [-0.2, 0) is 22.4 Å². The summed E-state index contributed by atoms with van der Waals surface area (Å²) in [6.07, 6.45) is 2.02. The number of aryl methyl sites for hydroxylation is 1. The lowest BCUT2D eigenvalue weighted by molar-refractivity contribution is -0.140. The number of hydrogen-bond donors (Lipinski definition) is 2. The highest BCUT2D eigenvalue weighted by Crippen LogP contribution is 2.18. The third kappa shape index (κ3) is 6.71. The quantitative estimate of drug-likeness (QED) is 0.695. The molecule has 1 amide bonds. The van der Waals surface area contributed by atoms with E-state index in [0.717, 1.165) is 12.0 Å². The normalized spacial score (nSPS) is 12.0. The predicted octanol–water partition coefficient (Wildman–Crippen LogP) is 4.55. The van der Waals surface area contributed by atoms with Gasteiger partial charge in [-0.1, -0.05) is 56.3 Å². The fraction of sp³-hybridized carbons (Fsp3) is 0.364. The van der Waals surface area contributed by atoms with Gasteiger partial charge in [-0.05, 0) is 48.4 Å². The minimum Gasteiger partial charge on any atom is -0.481 e. The van der Waals surface area contributed by atoms with Crippen molar-refractivity contribution in [1.82, 2.24) is 0 Å². The second-order valence-electron chi connectivity index (χ2n) is 7.10. The standard InChI is InChI=1S/C22H27NO3/c1-16(2)14-18-9-12-20(13-10-18)23-22(26)19(15-21(24)25)11-8-17-6-4-3-5-7-17/h3-7,9-10,12-13,16,19H,8,11,14-15H2,1-2H3,(H,23,26)(H,24,25). The fourth-order valence-electron chi connectivity index (χ4n) is 2.96. The predicted molar refractivity (Wildman–Crippen MR) is 104 cm³/mol. The molecule has 0 fully saturated rings. The Bertz CT molecular complexity index is 708. The van der Waals surface area contributed by atoms with Crippen LogP contribution < -0.4 is 5.32 Å². The summed E-state index contributed by atoms with van der Waals surface area (Å²) in [6.45, 7) is 4.33. The molecule has 0 aromatic heterocycles. The third-order valence-electron chi connectivity index (χ3n) is 4.28. The van der Waals surface area contributed by atoms with Crippen molar-refractivity contribution < 1.29 is 14.7 Å². The van der Waals surface area contributed by atoms with Crippen LogP contribution in [0.15, 0.2) is 54.6 Å². The molecule has 1 unspecified atom stereocenters. The van der Waals surface area contributed by atoms with E-state index in [4.69, 9.17) is 5.11 Å². The van der Waals surface area contributed by atoms with Gasteiger partial charge < -0.3 is 10.4 Å². The smallest absolute Gasteiger partial charge is 0.304 e. The van der Waals surface area contributed by atoms with Crippen LogP contribution in [0.25, 0.3) is 0 Å². The molecule has 2 N–H and O–H groups in total. The van der Waals surface area contributed by atoms with Crippen molar-refractivity contribution in [2.45, 2.75) is 39.5 Å². The second-order valence-corrected chi connectivity index (χ2v) is 7.10. The molecule has 4 nitrogen and oxygen atoms in total. The summed E-state index contributed by atoms with van der Waals surface area (Å²) in [5, 5.41) is 12.0. The van der Waals surface area contributed by atoms with Gasteiger partial charge in [0.2, 0.25) is 5.91 Å². The molecule has 0 radical (unpaired) electrons. The topological polar surface area (TPSA) is 66.4 Å². The first-order valence-corrected chi connectivity index (χ1v) is 9.09. The number of anilines is 1. The van der Waals surface area contributed by atoms with Crippen LogP contribution in [0.2, 0.25) is 0 Å². The fourth-order valence-corrected chi connectivity index (χ4v) is 2.96. The molecule has 0 aliphatic heterocycles. The lowest BCUT2D eigenvalue weighted by Crippen LogP contribution is -2.25. The van der Waals surface area contributed by atoms with Gasteiger partial charge in [-0.15, -0.1) is 0 Å². The van der Waals surface area contributed by atoms with E-state index in [9.17, 15) is 9.59 Å². The molecule has 2 aromatic carbocycles. The Morgan fingerprint density at radius 1 is 0.962 bits per heavy atom. The molecule has 2 rings (SSSR count). The minimum atomic E-state index is -0.953. The summed E-state index contributed by atoms with van der Waals surface area (Å²) in [7, 11) is 0. The van der Waals surface area contributed by atoms with Crippen LogP contribution in [0.3, 0.4) is 0 Å². The van der Waals surface area contributed by atoms with Gasteiger partial charge in [-0.25, -0.2) is 0 Å². The van der Waals surface area contributed by atoms with Gasteiger partial charge in [0.05, 0.1) is 6.42 Å². The van der Waals surface area contributed by atoms with E-state index in [1.165, 1.54) is 5.56 Å². The van der Waals surface area contributed by atoms with Gasteiger partial charge in [0, 0.05) is 11.6 Å². The first-order chi connectivity index (χ1) is 12.4.